The molecule has 0 radical (unpaired) electrons. The van der Waals surface area contributed by atoms with E-state index in [1.54, 1.807) is 0 Å². The van der Waals surface area contributed by atoms with Crippen LogP contribution in [0.3, 0.4) is 0 Å². The molecule has 7 aromatic carbocycles. The van der Waals surface area contributed by atoms with Crippen molar-refractivity contribution in [3.8, 4) is 22.3 Å². The summed E-state index contributed by atoms with van der Waals surface area (Å²) < 4.78 is 0. The second kappa shape index (κ2) is 16.6. The van der Waals surface area contributed by atoms with Crippen molar-refractivity contribution in [3.63, 3.8) is 0 Å². The van der Waals surface area contributed by atoms with Gasteiger partial charge >= 0.3 is 0 Å². The van der Waals surface area contributed by atoms with E-state index in [-0.39, 0.29) is 39.2 Å². The zero-order valence-electron chi connectivity index (χ0n) is 46.2. The molecule has 0 atom stereocenters. The third-order valence-corrected chi connectivity index (χ3v) is 15.1. The molecule has 2 nitrogen and oxygen atoms in total. The zero-order valence-corrected chi connectivity index (χ0v) is 46.2. The Morgan fingerprint density at radius 1 is 0.329 bits per heavy atom. The molecular formula is C67H79BN2. The minimum absolute atomic E-state index is 0.0410. The van der Waals surface area contributed by atoms with E-state index in [1.165, 1.54) is 112 Å². The Labute approximate surface area is 423 Å². The van der Waals surface area contributed by atoms with Gasteiger partial charge in [0.05, 0.1) is 0 Å². The number of anilines is 6. The van der Waals surface area contributed by atoms with Gasteiger partial charge in [0.25, 0.3) is 6.71 Å². The van der Waals surface area contributed by atoms with Gasteiger partial charge in [0.15, 0.2) is 0 Å². The first-order chi connectivity index (χ1) is 32.4. The van der Waals surface area contributed by atoms with Crippen LogP contribution in [0.2, 0.25) is 0 Å². The molecule has 0 spiro atoms. The fourth-order valence-corrected chi connectivity index (χ4v) is 10.9. The largest absolute Gasteiger partial charge is 0.311 e. The van der Waals surface area contributed by atoms with Crippen LogP contribution in [0.25, 0.3) is 22.3 Å². The monoisotopic (exact) mass is 923 g/mol. The Kier molecular flexibility index (Phi) is 11.7. The molecule has 9 rings (SSSR count). The highest BCUT2D eigenvalue weighted by Crippen LogP contribution is 2.50. The summed E-state index contributed by atoms with van der Waals surface area (Å²) >= 11 is 0. The summed E-state index contributed by atoms with van der Waals surface area (Å²) in [4.78, 5) is 5.33. The molecule has 0 fully saturated rings. The highest BCUT2D eigenvalue weighted by molar-refractivity contribution is 7.00. The first-order valence-corrected chi connectivity index (χ1v) is 26.0. The van der Waals surface area contributed by atoms with Crippen molar-refractivity contribution in [2.75, 3.05) is 9.80 Å². The van der Waals surface area contributed by atoms with Crippen LogP contribution in [0.4, 0.5) is 34.1 Å². The van der Waals surface area contributed by atoms with Gasteiger partial charge in [-0.25, -0.2) is 0 Å². The smallest absolute Gasteiger partial charge is 0.252 e. The third-order valence-electron chi connectivity index (χ3n) is 15.1. The highest BCUT2D eigenvalue weighted by Gasteiger charge is 2.46. The van der Waals surface area contributed by atoms with Gasteiger partial charge in [0.1, 0.15) is 0 Å². The summed E-state index contributed by atoms with van der Waals surface area (Å²) in [5.41, 5.74) is 25.4. The van der Waals surface area contributed by atoms with Crippen LogP contribution in [0.1, 0.15) is 164 Å². The van der Waals surface area contributed by atoms with Gasteiger partial charge in [0, 0.05) is 34.1 Å². The van der Waals surface area contributed by atoms with Crippen molar-refractivity contribution < 1.29 is 0 Å². The zero-order chi connectivity index (χ0) is 50.8. The molecule has 0 aliphatic carbocycles. The summed E-state index contributed by atoms with van der Waals surface area (Å²) in [5, 5.41) is 0. The van der Waals surface area contributed by atoms with Crippen LogP contribution in [0.5, 0.6) is 0 Å². The van der Waals surface area contributed by atoms with E-state index in [9.17, 15) is 0 Å². The Balaban J connectivity index is 1.50. The van der Waals surface area contributed by atoms with E-state index in [4.69, 9.17) is 0 Å². The summed E-state index contributed by atoms with van der Waals surface area (Å²) in [5.74, 6) is 0. The lowest BCUT2D eigenvalue weighted by atomic mass is 9.33. The predicted octanol–water partition coefficient (Wildman–Crippen LogP) is 17.2. The highest BCUT2D eigenvalue weighted by atomic mass is 15.2. The lowest BCUT2D eigenvalue weighted by Crippen LogP contribution is -2.62. The minimum Gasteiger partial charge on any atom is -0.311 e. The second-order valence-electron chi connectivity index (χ2n) is 27.0. The Bertz CT molecular complexity index is 2870. The van der Waals surface area contributed by atoms with Gasteiger partial charge in [0.2, 0.25) is 0 Å². The predicted molar refractivity (Wildman–Crippen MR) is 308 cm³/mol. The van der Waals surface area contributed by atoms with Crippen molar-refractivity contribution in [2.24, 2.45) is 0 Å². The number of hydrogen-bond acceptors (Lipinski definition) is 2. The van der Waals surface area contributed by atoms with Crippen molar-refractivity contribution >= 4 is 57.2 Å². The maximum absolute atomic E-state index is 2.67. The van der Waals surface area contributed by atoms with Crippen LogP contribution in [0, 0.1) is 6.92 Å². The SMILES string of the molecule is Cc1cc2c3c(c1)N(c1cc(C(C)(C)C)cc(C(C)(C)C)c1)c1cc(-c4ccccc4)c(C(C)(C)C)cc1B3c1cc(C(C)(C)C)c(-c3ccccc3)cc1N2c1cc(C(C)(C)C)cc(C(C)(C)C)c1. The van der Waals surface area contributed by atoms with Crippen LogP contribution in [-0.2, 0) is 32.5 Å². The lowest BCUT2D eigenvalue weighted by molar-refractivity contribution is 0.568. The summed E-state index contributed by atoms with van der Waals surface area (Å²) in [6.45, 7) is 44.9. The Morgan fingerprint density at radius 3 is 0.929 bits per heavy atom. The first kappa shape index (κ1) is 49.2. The van der Waals surface area contributed by atoms with E-state index in [2.05, 4.69) is 275 Å². The van der Waals surface area contributed by atoms with Crippen molar-refractivity contribution in [2.45, 2.75) is 164 Å². The molecular weight excluding hydrogens is 844 g/mol. The fraction of sp³-hybridized carbons (Fsp3) is 0.373. The van der Waals surface area contributed by atoms with Crippen LogP contribution in [0.15, 0.2) is 133 Å². The molecule has 2 heterocycles. The summed E-state index contributed by atoms with van der Waals surface area (Å²) in [7, 11) is 0. The third kappa shape index (κ3) is 8.86. The number of benzene rings is 7. The standard InChI is InChI=1S/C67H79BN2/c1-42-30-59-61-60(31-42)70(50-36-47(64(8,9)10)33-48(37-50)65(11,12)13)58-39-52(44-28-24-21-25-29-44)54(67(17,18)19)41-56(58)68(61)55-40-53(66(14,15)16)51(43-26-22-20-23-27-43)38-57(55)69(59)49-34-45(62(2,3)4)32-46(35-49)63(5,6)7/h20-41H,1-19H3. The molecule has 360 valence electrons. The maximum Gasteiger partial charge on any atom is 0.252 e. The molecule has 70 heavy (non-hydrogen) atoms. The number of rotatable bonds is 4. The second-order valence-corrected chi connectivity index (χ2v) is 27.0. The van der Waals surface area contributed by atoms with Gasteiger partial charge in [-0.15, -0.1) is 0 Å². The van der Waals surface area contributed by atoms with Gasteiger partial charge in [-0.2, -0.15) is 0 Å². The van der Waals surface area contributed by atoms with E-state index in [0.717, 1.165) is 0 Å². The summed E-state index contributed by atoms with van der Waals surface area (Å²) in [6.07, 6.45) is 0. The van der Waals surface area contributed by atoms with Crippen LogP contribution < -0.4 is 26.2 Å². The molecule has 0 unspecified atom stereocenters. The maximum atomic E-state index is 2.67. The van der Waals surface area contributed by atoms with Gasteiger partial charge < -0.3 is 9.80 Å². The number of aryl methyl sites for hydroxylation is 1. The number of hydrogen-bond donors (Lipinski definition) is 0. The molecule has 0 aromatic heterocycles. The van der Waals surface area contributed by atoms with E-state index in [1.807, 2.05) is 0 Å². The molecule has 0 saturated heterocycles. The van der Waals surface area contributed by atoms with Gasteiger partial charge in [-0.1, -0.05) is 210 Å². The summed E-state index contributed by atoms with van der Waals surface area (Å²) in [6, 6.07) is 52.5. The average Bonchev–Trinajstić information content (AvgIpc) is 3.26. The molecule has 0 saturated carbocycles. The van der Waals surface area contributed by atoms with Crippen LogP contribution >= 0.6 is 0 Å². The molecule has 2 aliphatic heterocycles. The molecule has 2 aliphatic rings. The number of nitrogens with zero attached hydrogens (tertiary/aromatic N) is 2. The van der Waals surface area contributed by atoms with Crippen LogP contribution in [-0.4, -0.2) is 6.71 Å². The molecule has 3 heteroatoms. The molecule has 0 N–H and O–H groups in total. The van der Waals surface area contributed by atoms with Gasteiger partial charge in [-0.05, 0) is 166 Å². The van der Waals surface area contributed by atoms with E-state index >= 15 is 0 Å². The lowest BCUT2D eigenvalue weighted by Gasteiger charge is -2.46. The molecule has 0 amide bonds. The molecule has 7 aromatic rings. The average molecular weight is 923 g/mol. The Hall–Kier alpha value is -5.80. The fourth-order valence-electron chi connectivity index (χ4n) is 10.9. The van der Waals surface area contributed by atoms with E-state index in [0.29, 0.717) is 0 Å². The normalized spacial score (nSPS) is 14.1. The minimum atomic E-state index is -0.138. The molecule has 0 bridgehead atoms. The van der Waals surface area contributed by atoms with E-state index < -0.39 is 0 Å². The van der Waals surface area contributed by atoms with Gasteiger partial charge in [-0.3, -0.25) is 0 Å². The number of fused-ring (bicyclic) bond motifs is 4. The first-order valence-electron chi connectivity index (χ1n) is 26.0. The topological polar surface area (TPSA) is 6.48 Å². The van der Waals surface area contributed by atoms with Crippen molar-refractivity contribution in [1.29, 1.82) is 0 Å². The van der Waals surface area contributed by atoms with Crippen molar-refractivity contribution in [1.82, 2.24) is 0 Å². The Morgan fingerprint density at radius 2 is 0.643 bits per heavy atom. The van der Waals surface area contributed by atoms with Crippen molar-refractivity contribution in [3.05, 3.63) is 172 Å². The quantitative estimate of drug-likeness (QED) is 0.162.